The summed E-state index contributed by atoms with van der Waals surface area (Å²) in [7, 11) is 0. The molecule has 0 spiro atoms. The molecule has 20 heavy (non-hydrogen) atoms. The van der Waals surface area contributed by atoms with E-state index in [1.54, 1.807) is 6.92 Å². The second-order valence-corrected chi connectivity index (χ2v) is 5.29. The lowest BCUT2D eigenvalue weighted by molar-refractivity contribution is 0.114. The Morgan fingerprint density at radius 1 is 1.50 bits per heavy atom. The first-order valence-corrected chi connectivity index (χ1v) is 7.08. The zero-order valence-electron chi connectivity index (χ0n) is 11.3. The molecule has 0 bridgehead atoms. The van der Waals surface area contributed by atoms with Crippen LogP contribution >= 0.6 is 12.2 Å². The van der Waals surface area contributed by atoms with E-state index in [1.807, 2.05) is 0 Å². The van der Waals surface area contributed by atoms with Crippen LogP contribution in [0.25, 0.3) is 0 Å². The van der Waals surface area contributed by atoms with Crippen molar-refractivity contribution in [2.24, 2.45) is 0 Å². The van der Waals surface area contributed by atoms with Gasteiger partial charge < -0.3 is 15.4 Å². The van der Waals surface area contributed by atoms with Crippen LogP contribution in [0.3, 0.4) is 0 Å². The summed E-state index contributed by atoms with van der Waals surface area (Å²) in [4.78, 5) is 0. The van der Waals surface area contributed by atoms with Crippen molar-refractivity contribution in [1.29, 1.82) is 0 Å². The van der Waals surface area contributed by atoms with Crippen molar-refractivity contribution in [3.05, 3.63) is 35.4 Å². The van der Waals surface area contributed by atoms with Gasteiger partial charge in [0, 0.05) is 24.8 Å². The molecule has 1 heterocycles. The second-order valence-electron chi connectivity index (χ2n) is 4.88. The molecule has 0 radical (unpaired) electrons. The van der Waals surface area contributed by atoms with Crippen LogP contribution in [0.4, 0.5) is 8.78 Å². The van der Waals surface area contributed by atoms with Crippen molar-refractivity contribution < 1.29 is 13.5 Å². The van der Waals surface area contributed by atoms with E-state index in [1.165, 1.54) is 12.1 Å². The molecule has 2 N–H and O–H groups in total. The monoisotopic (exact) mass is 300 g/mol. The van der Waals surface area contributed by atoms with Crippen LogP contribution in [0.2, 0.25) is 0 Å². The summed E-state index contributed by atoms with van der Waals surface area (Å²) in [5, 5.41) is 6.48. The summed E-state index contributed by atoms with van der Waals surface area (Å²) in [6, 6.07) is 3.20. The maximum atomic E-state index is 13.6. The van der Waals surface area contributed by atoms with Gasteiger partial charge in [-0.25, -0.2) is 8.78 Å². The fraction of sp³-hybridized carbons (Fsp3) is 0.500. The third-order valence-corrected chi connectivity index (χ3v) is 3.55. The average molecular weight is 300 g/mol. The Kier molecular flexibility index (Phi) is 5.25. The lowest BCUT2D eigenvalue weighted by Gasteiger charge is -2.19. The molecule has 0 aromatic heterocycles. The highest BCUT2D eigenvalue weighted by Crippen LogP contribution is 2.17. The van der Waals surface area contributed by atoms with Gasteiger partial charge in [0.25, 0.3) is 0 Å². The normalized spacial score (nSPS) is 19.6. The predicted molar refractivity (Wildman–Crippen MR) is 77.5 cm³/mol. The molecule has 2 rings (SSSR count). The molecule has 0 aliphatic carbocycles. The van der Waals surface area contributed by atoms with Gasteiger partial charge in [0.2, 0.25) is 0 Å². The number of rotatable bonds is 4. The van der Waals surface area contributed by atoms with Crippen LogP contribution in [0.5, 0.6) is 0 Å². The number of hydrogen-bond acceptors (Lipinski definition) is 2. The summed E-state index contributed by atoms with van der Waals surface area (Å²) in [5.41, 5.74) is 0.382. The molecule has 0 amide bonds. The van der Waals surface area contributed by atoms with Crippen LogP contribution in [0.15, 0.2) is 18.2 Å². The first kappa shape index (κ1) is 15.1. The minimum Gasteiger partial charge on any atom is -0.376 e. The molecular formula is C14H18F2N2OS. The van der Waals surface area contributed by atoms with Gasteiger partial charge in [0.1, 0.15) is 11.6 Å². The SMILES string of the molecule is C[C@H](NC(=S)NC[C@@H]1CCCO1)c1ccc(F)cc1F. The van der Waals surface area contributed by atoms with Gasteiger partial charge >= 0.3 is 0 Å². The van der Waals surface area contributed by atoms with Crippen molar-refractivity contribution in [1.82, 2.24) is 10.6 Å². The molecule has 1 aromatic rings. The Labute approximate surface area is 122 Å². The van der Waals surface area contributed by atoms with E-state index in [0.29, 0.717) is 17.2 Å². The third-order valence-electron chi connectivity index (χ3n) is 3.29. The molecule has 1 fully saturated rings. The van der Waals surface area contributed by atoms with Gasteiger partial charge in [-0.3, -0.25) is 0 Å². The van der Waals surface area contributed by atoms with Crippen LogP contribution < -0.4 is 10.6 Å². The highest BCUT2D eigenvalue weighted by atomic mass is 32.1. The quantitative estimate of drug-likeness (QED) is 0.838. The number of nitrogens with one attached hydrogen (secondary N) is 2. The van der Waals surface area contributed by atoms with Gasteiger partial charge in [-0.15, -0.1) is 0 Å². The Bertz CT molecular complexity index is 478. The standard InChI is InChI=1S/C14H18F2N2OS/c1-9(12-5-4-10(15)7-13(12)16)18-14(20)17-8-11-3-2-6-19-11/h4-5,7,9,11H,2-3,6,8H2,1H3,(H2,17,18,20)/t9-,11-/m0/s1. The van der Waals surface area contributed by atoms with Gasteiger partial charge in [-0.05, 0) is 38.0 Å². The largest absolute Gasteiger partial charge is 0.376 e. The minimum absolute atomic E-state index is 0.188. The first-order chi connectivity index (χ1) is 9.56. The van der Waals surface area contributed by atoms with E-state index in [4.69, 9.17) is 17.0 Å². The summed E-state index contributed by atoms with van der Waals surface area (Å²) in [6.45, 7) is 3.21. The first-order valence-electron chi connectivity index (χ1n) is 6.67. The average Bonchev–Trinajstić information content (AvgIpc) is 2.89. The fourth-order valence-electron chi connectivity index (χ4n) is 2.19. The minimum atomic E-state index is -0.586. The molecule has 3 nitrogen and oxygen atoms in total. The number of hydrogen-bond donors (Lipinski definition) is 2. The molecule has 1 aliphatic rings. The van der Waals surface area contributed by atoms with E-state index < -0.39 is 11.6 Å². The Balaban J connectivity index is 1.83. The molecule has 1 aliphatic heterocycles. The maximum absolute atomic E-state index is 13.6. The molecule has 0 unspecified atom stereocenters. The lowest BCUT2D eigenvalue weighted by atomic mass is 10.1. The van der Waals surface area contributed by atoms with E-state index in [-0.39, 0.29) is 12.1 Å². The Morgan fingerprint density at radius 2 is 2.30 bits per heavy atom. The maximum Gasteiger partial charge on any atom is 0.166 e. The van der Waals surface area contributed by atoms with Crippen LogP contribution in [-0.2, 0) is 4.74 Å². The van der Waals surface area contributed by atoms with Crippen LogP contribution in [0, 0.1) is 11.6 Å². The third kappa shape index (κ3) is 4.11. The predicted octanol–water partition coefficient (Wildman–Crippen LogP) is 2.67. The van der Waals surface area contributed by atoms with Crippen LogP contribution in [-0.4, -0.2) is 24.4 Å². The lowest BCUT2D eigenvalue weighted by Crippen LogP contribution is -2.40. The fourth-order valence-corrected chi connectivity index (χ4v) is 2.45. The van der Waals surface area contributed by atoms with E-state index in [0.717, 1.165) is 25.5 Å². The summed E-state index contributed by atoms with van der Waals surface area (Å²) in [6.07, 6.45) is 2.29. The smallest absolute Gasteiger partial charge is 0.166 e. The molecule has 110 valence electrons. The van der Waals surface area contributed by atoms with Gasteiger partial charge in [0.15, 0.2) is 5.11 Å². The zero-order chi connectivity index (χ0) is 14.5. The number of thiocarbonyl (C=S) groups is 1. The zero-order valence-corrected chi connectivity index (χ0v) is 12.1. The Hall–Kier alpha value is -1.27. The van der Waals surface area contributed by atoms with E-state index in [9.17, 15) is 8.78 Å². The van der Waals surface area contributed by atoms with Crippen molar-refractivity contribution >= 4 is 17.3 Å². The molecule has 1 aromatic carbocycles. The molecule has 1 saturated heterocycles. The van der Waals surface area contributed by atoms with E-state index in [2.05, 4.69) is 10.6 Å². The number of ether oxygens (including phenoxy) is 1. The van der Waals surface area contributed by atoms with E-state index >= 15 is 0 Å². The van der Waals surface area contributed by atoms with Crippen molar-refractivity contribution in [2.45, 2.75) is 31.9 Å². The highest BCUT2D eigenvalue weighted by Gasteiger charge is 2.16. The molecule has 6 heteroatoms. The van der Waals surface area contributed by atoms with Crippen molar-refractivity contribution in [2.75, 3.05) is 13.2 Å². The highest BCUT2D eigenvalue weighted by molar-refractivity contribution is 7.80. The summed E-state index contributed by atoms with van der Waals surface area (Å²) < 4.78 is 31.9. The summed E-state index contributed by atoms with van der Waals surface area (Å²) in [5.74, 6) is -1.16. The molecular weight excluding hydrogens is 282 g/mol. The van der Waals surface area contributed by atoms with Gasteiger partial charge in [-0.2, -0.15) is 0 Å². The van der Waals surface area contributed by atoms with Crippen molar-refractivity contribution in [3.8, 4) is 0 Å². The number of halogens is 2. The topological polar surface area (TPSA) is 33.3 Å². The Morgan fingerprint density at radius 3 is 2.95 bits per heavy atom. The second kappa shape index (κ2) is 6.95. The molecule has 0 saturated carbocycles. The van der Waals surface area contributed by atoms with Gasteiger partial charge in [-0.1, -0.05) is 6.07 Å². The number of benzene rings is 1. The summed E-state index contributed by atoms with van der Waals surface area (Å²) >= 11 is 5.16. The van der Waals surface area contributed by atoms with Crippen LogP contribution in [0.1, 0.15) is 31.4 Å². The van der Waals surface area contributed by atoms with Gasteiger partial charge in [0.05, 0.1) is 12.1 Å². The molecule has 2 atom stereocenters. The van der Waals surface area contributed by atoms with Crippen molar-refractivity contribution in [3.63, 3.8) is 0 Å².